The van der Waals surface area contributed by atoms with E-state index >= 15 is 0 Å². The van der Waals surface area contributed by atoms with Crippen LogP contribution in [0, 0.1) is 0 Å². The topological polar surface area (TPSA) is 37.8 Å². The standard InChI is InChI=1S/C17H29N3S/c1-5-10-18-15-11-14(13-8-6-7-9-13)19-16(20-15)12-21-17(2,3)4/h11,13H,5-10,12H2,1-4H3,(H,18,19,20). The monoisotopic (exact) mass is 307 g/mol. The first-order chi connectivity index (χ1) is 9.98. The van der Waals surface area contributed by atoms with Crippen molar-refractivity contribution < 1.29 is 0 Å². The van der Waals surface area contributed by atoms with Crippen LogP contribution in [-0.4, -0.2) is 21.3 Å². The van der Waals surface area contributed by atoms with Gasteiger partial charge in [-0.2, -0.15) is 0 Å². The summed E-state index contributed by atoms with van der Waals surface area (Å²) >= 11 is 1.92. The molecular formula is C17H29N3S. The zero-order chi connectivity index (χ0) is 15.3. The Morgan fingerprint density at radius 1 is 1.24 bits per heavy atom. The second-order valence-electron chi connectivity index (χ2n) is 6.90. The Bertz CT molecular complexity index is 448. The fourth-order valence-electron chi connectivity index (χ4n) is 2.64. The minimum absolute atomic E-state index is 0.254. The lowest BCUT2D eigenvalue weighted by Crippen LogP contribution is -2.11. The maximum Gasteiger partial charge on any atom is 0.140 e. The third kappa shape index (κ3) is 5.50. The van der Waals surface area contributed by atoms with Crippen molar-refractivity contribution in [1.29, 1.82) is 0 Å². The summed E-state index contributed by atoms with van der Waals surface area (Å²) in [7, 11) is 0. The molecule has 1 fully saturated rings. The van der Waals surface area contributed by atoms with Crippen LogP contribution in [0.15, 0.2) is 6.07 Å². The number of anilines is 1. The number of nitrogens with one attached hydrogen (secondary N) is 1. The van der Waals surface area contributed by atoms with Gasteiger partial charge < -0.3 is 5.32 Å². The molecule has 1 aliphatic rings. The average Bonchev–Trinajstić information content (AvgIpc) is 2.96. The van der Waals surface area contributed by atoms with Crippen LogP contribution in [0.1, 0.15) is 77.2 Å². The van der Waals surface area contributed by atoms with E-state index in [4.69, 9.17) is 9.97 Å². The highest BCUT2D eigenvalue weighted by Crippen LogP contribution is 2.34. The van der Waals surface area contributed by atoms with Crippen LogP contribution in [0.2, 0.25) is 0 Å². The highest BCUT2D eigenvalue weighted by atomic mass is 32.2. The van der Waals surface area contributed by atoms with Crippen LogP contribution in [0.3, 0.4) is 0 Å². The van der Waals surface area contributed by atoms with Crippen LogP contribution in [0.4, 0.5) is 5.82 Å². The molecule has 21 heavy (non-hydrogen) atoms. The van der Waals surface area contributed by atoms with Gasteiger partial charge in [-0.15, -0.1) is 11.8 Å². The van der Waals surface area contributed by atoms with Gasteiger partial charge in [-0.1, -0.05) is 40.5 Å². The third-order valence-electron chi connectivity index (χ3n) is 3.76. The molecule has 0 amide bonds. The lowest BCUT2D eigenvalue weighted by molar-refractivity contribution is 0.688. The van der Waals surface area contributed by atoms with Crippen molar-refractivity contribution in [2.75, 3.05) is 11.9 Å². The Hall–Kier alpha value is -0.770. The van der Waals surface area contributed by atoms with E-state index in [9.17, 15) is 0 Å². The lowest BCUT2D eigenvalue weighted by atomic mass is 10.0. The molecular weight excluding hydrogens is 278 g/mol. The van der Waals surface area contributed by atoms with Crippen LogP contribution in [-0.2, 0) is 5.75 Å². The van der Waals surface area contributed by atoms with E-state index in [-0.39, 0.29) is 4.75 Å². The average molecular weight is 308 g/mol. The van der Waals surface area contributed by atoms with Crippen LogP contribution in [0.5, 0.6) is 0 Å². The molecule has 0 spiro atoms. The molecule has 0 atom stereocenters. The van der Waals surface area contributed by atoms with E-state index < -0.39 is 0 Å². The first-order valence-corrected chi connectivity index (χ1v) is 9.22. The molecule has 0 aromatic carbocycles. The van der Waals surface area contributed by atoms with Gasteiger partial charge in [0.1, 0.15) is 11.6 Å². The lowest BCUT2D eigenvalue weighted by Gasteiger charge is -2.18. The molecule has 0 aliphatic heterocycles. The van der Waals surface area contributed by atoms with Crippen LogP contribution >= 0.6 is 11.8 Å². The maximum absolute atomic E-state index is 4.85. The van der Waals surface area contributed by atoms with E-state index in [0.717, 1.165) is 30.4 Å². The summed E-state index contributed by atoms with van der Waals surface area (Å²) in [6.07, 6.45) is 6.39. The molecule has 0 saturated heterocycles. The zero-order valence-electron chi connectivity index (χ0n) is 13.9. The summed E-state index contributed by atoms with van der Waals surface area (Å²) in [5.41, 5.74) is 1.26. The number of aromatic nitrogens is 2. The molecule has 1 aromatic heterocycles. The summed E-state index contributed by atoms with van der Waals surface area (Å²) in [5.74, 6) is 3.54. The molecule has 2 rings (SSSR count). The first kappa shape index (κ1) is 16.6. The Morgan fingerprint density at radius 3 is 2.57 bits per heavy atom. The summed E-state index contributed by atoms with van der Waals surface area (Å²) in [6, 6.07) is 2.18. The van der Waals surface area contributed by atoms with Gasteiger partial charge in [0.25, 0.3) is 0 Å². The van der Waals surface area contributed by atoms with Gasteiger partial charge in [-0.3, -0.25) is 0 Å². The van der Waals surface area contributed by atoms with Crippen molar-refractivity contribution in [3.63, 3.8) is 0 Å². The van der Waals surface area contributed by atoms with Crippen molar-refractivity contribution in [2.24, 2.45) is 0 Å². The Balaban J connectivity index is 2.15. The van der Waals surface area contributed by atoms with Gasteiger partial charge in [0.05, 0.1) is 5.75 Å². The summed E-state index contributed by atoms with van der Waals surface area (Å²) in [4.78, 5) is 9.56. The molecule has 118 valence electrons. The molecule has 4 heteroatoms. The van der Waals surface area contributed by atoms with Crippen LogP contribution in [0.25, 0.3) is 0 Å². The van der Waals surface area contributed by atoms with Gasteiger partial charge in [0.15, 0.2) is 0 Å². The van der Waals surface area contributed by atoms with E-state index in [1.54, 1.807) is 0 Å². The summed E-state index contributed by atoms with van der Waals surface area (Å²) in [5, 5.41) is 3.44. The van der Waals surface area contributed by atoms with Gasteiger partial charge in [0, 0.05) is 29.0 Å². The number of nitrogens with zero attached hydrogens (tertiary/aromatic N) is 2. The minimum atomic E-state index is 0.254. The van der Waals surface area contributed by atoms with E-state index in [0.29, 0.717) is 5.92 Å². The van der Waals surface area contributed by atoms with Gasteiger partial charge >= 0.3 is 0 Å². The molecule has 0 bridgehead atoms. The molecule has 0 unspecified atom stereocenters. The fourth-order valence-corrected chi connectivity index (χ4v) is 3.33. The normalized spacial score (nSPS) is 16.4. The predicted molar refractivity (Wildman–Crippen MR) is 93.1 cm³/mol. The van der Waals surface area contributed by atoms with Crippen molar-refractivity contribution in [1.82, 2.24) is 9.97 Å². The van der Waals surface area contributed by atoms with E-state index in [1.807, 2.05) is 11.8 Å². The molecule has 1 N–H and O–H groups in total. The number of hydrogen-bond acceptors (Lipinski definition) is 4. The zero-order valence-corrected chi connectivity index (χ0v) is 14.7. The minimum Gasteiger partial charge on any atom is -0.370 e. The number of hydrogen-bond donors (Lipinski definition) is 1. The molecule has 0 radical (unpaired) electrons. The van der Waals surface area contributed by atoms with Crippen molar-refractivity contribution in [3.05, 3.63) is 17.6 Å². The molecule has 3 nitrogen and oxygen atoms in total. The van der Waals surface area contributed by atoms with Gasteiger partial charge in [-0.05, 0) is 19.3 Å². The van der Waals surface area contributed by atoms with E-state index in [2.05, 4.69) is 39.1 Å². The first-order valence-electron chi connectivity index (χ1n) is 8.23. The highest BCUT2D eigenvalue weighted by molar-refractivity contribution is 7.99. The van der Waals surface area contributed by atoms with E-state index in [1.165, 1.54) is 31.4 Å². The fraction of sp³-hybridized carbons (Fsp3) is 0.765. The Morgan fingerprint density at radius 2 is 1.95 bits per heavy atom. The van der Waals surface area contributed by atoms with Crippen LogP contribution < -0.4 is 5.32 Å². The molecule has 1 saturated carbocycles. The smallest absolute Gasteiger partial charge is 0.140 e. The molecule has 1 aliphatic carbocycles. The second-order valence-corrected chi connectivity index (χ2v) is 8.71. The number of thioether (sulfide) groups is 1. The number of rotatable bonds is 6. The molecule has 1 aromatic rings. The van der Waals surface area contributed by atoms with Gasteiger partial charge in [-0.25, -0.2) is 9.97 Å². The summed E-state index contributed by atoms with van der Waals surface area (Å²) < 4.78 is 0.254. The van der Waals surface area contributed by atoms with Crippen molar-refractivity contribution >= 4 is 17.6 Å². The predicted octanol–water partition coefficient (Wildman–Crippen LogP) is 4.99. The maximum atomic E-state index is 4.85. The molecule has 1 heterocycles. The summed E-state index contributed by atoms with van der Waals surface area (Å²) in [6.45, 7) is 9.90. The largest absolute Gasteiger partial charge is 0.370 e. The van der Waals surface area contributed by atoms with Gasteiger partial charge in [0.2, 0.25) is 0 Å². The highest BCUT2D eigenvalue weighted by Gasteiger charge is 2.20. The Kier molecular flexibility index (Phi) is 5.91. The SMILES string of the molecule is CCCNc1cc(C2CCCC2)nc(CSC(C)(C)C)n1. The Labute approximate surface area is 133 Å². The van der Waals surface area contributed by atoms with Crippen molar-refractivity contribution in [2.45, 2.75) is 76.2 Å². The third-order valence-corrected chi connectivity index (χ3v) is 5.02. The van der Waals surface area contributed by atoms with Crippen molar-refractivity contribution in [3.8, 4) is 0 Å². The quantitative estimate of drug-likeness (QED) is 0.803. The second kappa shape index (κ2) is 7.48.